The Bertz CT molecular complexity index is 1770. The van der Waals surface area contributed by atoms with Crippen LogP contribution in [-0.2, 0) is 64.7 Å². The molecule has 0 spiro atoms. The Balaban J connectivity index is 0. The van der Waals surface area contributed by atoms with Crippen LogP contribution < -0.4 is 16.0 Å². The maximum Gasteiger partial charge on any atom is 0.472 e. The first-order valence-corrected chi connectivity index (χ1v) is 28.9. The van der Waals surface area contributed by atoms with Crippen LogP contribution in [0, 0.1) is 0 Å². The van der Waals surface area contributed by atoms with Gasteiger partial charge >= 0.3 is 49.3 Å². The molecule has 11 atom stereocenters. The monoisotopic (exact) mass is 1160 g/mol. The van der Waals surface area contributed by atoms with E-state index < -0.39 is 99.2 Å². The predicted molar refractivity (Wildman–Crippen MR) is 255 cm³/mol. The zero-order valence-electron chi connectivity index (χ0n) is 40.8. The van der Waals surface area contributed by atoms with Gasteiger partial charge in [0.05, 0.1) is 18.7 Å². The fourth-order valence-corrected chi connectivity index (χ4v) is 11.7. The van der Waals surface area contributed by atoms with Crippen molar-refractivity contribution < 1.29 is 114 Å². The molecule has 0 bridgehead atoms. The summed E-state index contributed by atoms with van der Waals surface area (Å²) in [5.41, 5.74) is 0. The number of aliphatic hydroxyl groups excluding tert-OH is 2. The molecule has 3 unspecified atom stereocenters. The molecule has 0 aromatic carbocycles. The van der Waals surface area contributed by atoms with Gasteiger partial charge in [0.1, 0.15) is 43.2 Å². The second kappa shape index (κ2) is 37.3. The quantitative estimate of drug-likeness (QED) is 0.0137. The first-order chi connectivity index (χ1) is 31.3. The summed E-state index contributed by atoms with van der Waals surface area (Å²) in [7, 11) is -23.1. The van der Waals surface area contributed by atoms with Gasteiger partial charge < -0.3 is 69.9 Å². The van der Waals surface area contributed by atoms with E-state index in [2.05, 4.69) is 29.5 Å². The molecule has 0 aromatic rings. The zero-order chi connectivity index (χ0) is 50.0. The third-order valence-electron chi connectivity index (χ3n) is 10.6. The summed E-state index contributed by atoms with van der Waals surface area (Å²) in [6.45, 7) is 0.757. The summed E-state index contributed by atoms with van der Waals surface area (Å²) in [4.78, 5) is 116. The molecule has 2 heterocycles. The van der Waals surface area contributed by atoms with Gasteiger partial charge in [-0.25, -0.2) is 23.1 Å². The zero-order valence-corrected chi connectivity index (χ0v) is 53.2. The van der Waals surface area contributed by atoms with Crippen LogP contribution in [0.2, 0.25) is 0 Å². The summed E-state index contributed by atoms with van der Waals surface area (Å²) in [6.07, 6.45) is -8.22. The normalized spacial score (nSPS) is 25.3. The summed E-state index contributed by atoms with van der Waals surface area (Å²) in [5.74, 6) is -0.674. The van der Waals surface area contributed by atoms with Crippen LogP contribution in [-0.4, -0.2) is 272 Å². The van der Waals surface area contributed by atoms with Gasteiger partial charge in [-0.2, -0.15) is 11.8 Å². The van der Waals surface area contributed by atoms with E-state index in [1.54, 1.807) is 0 Å². The molecule has 12 N–H and O–H groups in total. The van der Waals surface area contributed by atoms with Gasteiger partial charge in [0.25, 0.3) is 0 Å². The van der Waals surface area contributed by atoms with Gasteiger partial charge in [0, 0.05) is 155 Å². The van der Waals surface area contributed by atoms with Crippen LogP contribution in [0.3, 0.4) is 0 Å². The number of urea groups is 1. The van der Waals surface area contributed by atoms with Gasteiger partial charge in [0.2, 0.25) is 5.91 Å². The number of fused-ring (bicyclic) bond motifs is 1. The largest absolute Gasteiger partial charge is 0.472 e. The third-order valence-corrected chi connectivity index (χ3v) is 14.7. The number of aliphatic hydroxyl groups is 2. The molecule has 4 radical (unpaired) electrons. The molecule has 1 saturated carbocycles. The fraction of sp³-hybridized carbons (Fsp3) is 0.886. The van der Waals surface area contributed by atoms with E-state index in [1.165, 1.54) is 0 Å². The number of hydrogen-bond donors (Lipinski definition) is 12. The predicted octanol–water partition coefficient (Wildman–Crippen LogP) is 0.133. The molecule has 3 aliphatic rings. The van der Waals surface area contributed by atoms with Crippen molar-refractivity contribution in [2.45, 2.75) is 170 Å². The van der Waals surface area contributed by atoms with Crippen LogP contribution in [0.25, 0.3) is 0 Å². The van der Waals surface area contributed by atoms with Gasteiger partial charge in [-0.1, -0.05) is 58.3 Å². The molecule has 2 saturated heterocycles. The van der Waals surface area contributed by atoms with Crippen molar-refractivity contribution >= 4 is 185 Å². The Morgan fingerprint density at radius 1 is 0.648 bits per heavy atom. The smallest absolute Gasteiger partial charge is 0.462 e. The van der Waals surface area contributed by atoms with E-state index in [0.29, 0.717) is 43.9 Å². The van der Waals surface area contributed by atoms with Crippen LogP contribution in [0.1, 0.15) is 110 Å². The molecule has 2 aliphatic heterocycles. The number of esters is 2. The first-order valence-electron chi connectivity index (χ1n) is 21.8. The molecule has 36 heteroatoms. The Hall–Kier alpha value is 2.39. The average molecular weight is 1160 g/mol. The number of nitrogens with one attached hydrogen (secondary N) is 3. The van der Waals surface area contributed by atoms with Crippen molar-refractivity contribution in [2.75, 3.05) is 25.5 Å². The van der Waals surface area contributed by atoms with Gasteiger partial charge in [-0.3, -0.25) is 37.0 Å². The summed E-state index contributed by atoms with van der Waals surface area (Å²) in [5, 5.41) is 30.8. The summed E-state index contributed by atoms with van der Waals surface area (Å²) >= 11 is 1.83. The number of phosphoric acid groups is 4. The van der Waals surface area contributed by atoms with Gasteiger partial charge in [-0.05, 0) is 32.1 Å². The second-order valence-electron chi connectivity index (χ2n) is 16.2. The number of amides is 3. The Morgan fingerprint density at radius 3 is 1.72 bits per heavy atom. The van der Waals surface area contributed by atoms with Crippen molar-refractivity contribution in [1.82, 2.24) is 16.0 Å². The van der Waals surface area contributed by atoms with Crippen molar-refractivity contribution in [3.63, 3.8) is 0 Å². The van der Waals surface area contributed by atoms with Crippen molar-refractivity contribution in [3.8, 4) is 0 Å². The van der Waals surface area contributed by atoms with E-state index in [4.69, 9.17) is 18.5 Å². The van der Waals surface area contributed by atoms with Gasteiger partial charge in [-0.15, -0.1) is 0 Å². The minimum absolute atomic E-state index is 0. The molecule has 394 valence electrons. The summed E-state index contributed by atoms with van der Waals surface area (Å²) in [6, 6.07) is 0.169. The van der Waals surface area contributed by atoms with Gasteiger partial charge in [0.15, 0.2) is 6.10 Å². The van der Waals surface area contributed by atoms with E-state index in [-0.39, 0.29) is 155 Å². The average Bonchev–Trinajstić information content (AvgIpc) is 3.77. The SMILES string of the molecule is CCCCCCCC(=O)O[C@H](COC(=O)CCCCCCCNC(=O)CCCC[C@@H]1SC[C@@H]2NC(=O)N[C@@H]21)COP(=O)(O)OC1[C@H](O)[C@H](OP(=O)(O)O)C(OP(=O)(O)O)[C@H](OP(=O)(O)O)[C@H]1O.[Na].[Na].[Na].[Na]. The summed E-state index contributed by atoms with van der Waals surface area (Å²) < 4.78 is 81.5. The second-order valence-corrected chi connectivity index (χ2v) is 22.4. The van der Waals surface area contributed by atoms with E-state index in [1.807, 2.05) is 18.7 Å². The van der Waals surface area contributed by atoms with E-state index in [9.17, 15) is 81.9 Å². The van der Waals surface area contributed by atoms with Crippen LogP contribution in [0.5, 0.6) is 0 Å². The molecular formula is C35H65N3Na4O24P4S. The Morgan fingerprint density at radius 2 is 1.15 bits per heavy atom. The minimum atomic E-state index is -5.80. The topological polar surface area (TPSA) is 419 Å². The maximum absolute atomic E-state index is 13.2. The molecule has 1 aliphatic carbocycles. The Kier molecular flexibility index (Phi) is 39.7. The number of unbranched alkanes of at least 4 members (excludes halogenated alkanes) is 9. The van der Waals surface area contributed by atoms with Crippen LogP contribution in [0.15, 0.2) is 0 Å². The number of carbonyl (C=O) groups excluding carboxylic acids is 4. The van der Waals surface area contributed by atoms with E-state index >= 15 is 0 Å². The molecule has 27 nitrogen and oxygen atoms in total. The number of thioether (sulfide) groups is 1. The standard InChI is InChI=1S/C35H65N3O24P4S.4Na/c1-2-3-4-6-10-17-27(41)58-22(19-56-26(40)16-9-7-5-8-13-18-36-25(39)15-12-11-14-24-28-23(21-67-24)37-35(44)38-28)20-57-66(54,55)62-31-29(42)32(59-63(45,46)47)34(61-65(51,52)53)33(30(31)43)60-64(48,49)50;;;;/h22-24,28-34,42-43H,2-21H2,1H3,(H,36,39)(H,54,55)(H2,37,38,44)(H2,45,46,47)(H2,48,49,50)(H2,51,52,53);;;;/t22-,23+,24+,28+,29+,30+,31?,32-,33+,34?;;;;/m1..../s1. The van der Waals surface area contributed by atoms with Crippen LogP contribution >= 0.6 is 43.1 Å². The number of hydrogen-bond acceptors (Lipinski definition) is 18. The fourth-order valence-electron chi connectivity index (χ4n) is 7.48. The molecular weight excluding hydrogens is 1090 g/mol. The third kappa shape index (κ3) is 31.1. The molecule has 3 fully saturated rings. The molecule has 0 aromatic heterocycles. The first kappa shape index (κ1) is 75.5. The van der Waals surface area contributed by atoms with Crippen molar-refractivity contribution in [1.29, 1.82) is 0 Å². The maximum atomic E-state index is 13.2. The number of phosphoric ester groups is 4. The molecule has 3 amide bonds. The molecule has 71 heavy (non-hydrogen) atoms. The van der Waals surface area contributed by atoms with Crippen LogP contribution in [0.4, 0.5) is 4.79 Å². The number of ether oxygens (including phenoxy) is 2. The minimum Gasteiger partial charge on any atom is -0.462 e. The number of carbonyl (C=O) groups is 4. The molecule has 3 rings (SSSR count). The van der Waals surface area contributed by atoms with Crippen molar-refractivity contribution in [3.05, 3.63) is 0 Å². The van der Waals surface area contributed by atoms with E-state index in [0.717, 1.165) is 63.5 Å². The Labute approximate surface area is 504 Å². The number of rotatable bonds is 33. The van der Waals surface area contributed by atoms with Crippen molar-refractivity contribution in [2.24, 2.45) is 0 Å².